The Labute approximate surface area is 153 Å². The molecule has 2 aliphatic rings. The molecule has 2 N–H and O–H groups in total. The van der Waals surface area contributed by atoms with Crippen molar-refractivity contribution in [2.45, 2.75) is 29.7 Å². The molecule has 0 heterocycles. The van der Waals surface area contributed by atoms with Crippen LogP contribution < -0.4 is 4.74 Å². The van der Waals surface area contributed by atoms with Crippen molar-refractivity contribution in [1.82, 2.24) is 0 Å². The molecule has 2 aromatic carbocycles. The van der Waals surface area contributed by atoms with Gasteiger partial charge in [0.2, 0.25) is 0 Å². The number of nitriles is 1. The first kappa shape index (κ1) is 18.6. The summed E-state index contributed by atoms with van der Waals surface area (Å²) in [5, 5.41) is 29.1. The highest BCUT2D eigenvalue weighted by Gasteiger charge is 2.82. The monoisotopic (exact) mass is 401 g/mol. The highest BCUT2D eigenvalue weighted by Crippen LogP contribution is 2.68. The fraction of sp³-hybridized carbons (Fsp3) is 0.278. The summed E-state index contributed by atoms with van der Waals surface area (Å²) in [5.74, 6) is -11.8. The normalized spacial score (nSPS) is 28.7. The molecule has 0 amide bonds. The Kier molecular flexibility index (Phi) is 3.58. The minimum absolute atomic E-state index is 0.161. The van der Waals surface area contributed by atoms with Gasteiger partial charge in [0.15, 0.2) is 11.8 Å². The van der Waals surface area contributed by atoms with Crippen LogP contribution in [0.2, 0.25) is 0 Å². The van der Waals surface area contributed by atoms with Crippen LogP contribution in [0.25, 0.3) is 0 Å². The van der Waals surface area contributed by atoms with Gasteiger partial charge in [-0.1, -0.05) is 0 Å². The number of hydrogen-bond acceptors (Lipinski definition) is 4. The van der Waals surface area contributed by atoms with Gasteiger partial charge in [-0.25, -0.2) is 8.78 Å². The average molecular weight is 401 g/mol. The van der Waals surface area contributed by atoms with Gasteiger partial charge in [-0.2, -0.15) is 22.8 Å². The largest absolute Gasteiger partial charge is 0.457 e. The molecule has 3 atom stereocenters. The molecular formula is C18H9F6NO3. The topological polar surface area (TPSA) is 73.5 Å². The molecule has 2 aliphatic carbocycles. The quantitative estimate of drug-likeness (QED) is 0.751. The van der Waals surface area contributed by atoms with E-state index in [1.165, 1.54) is 0 Å². The van der Waals surface area contributed by atoms with Crippen molar-refractivity contribution in [2.24, 2.45) is 0 Å². The zero-order valence-electron chi connectivity index (χ0n) is 13.6. The molecule has 2 aromatic rings. The number of aliphatic hydroxyl groups excluding tert-OH is 1. The van der Waals surface area contributed by atoms with Crippen LogP contribution in [0.4, 0.5) is 26.3 Å². The van der Waals surface area contributed by atoms with Crippen LogP contribution in [0.1, 0.15) is 28.4 Å². The van der Waals surface area contributed by atoms with Gasteiger partial charge in [-0.05, 0) is 24.3 Å². The molecule has 0 saturated heterocycles. The van der Waals surface area contributed by atoms with Gasteiger partial charge in [0.25, 0.3) is 0 Å². The van der Waals surface area contributed by atoms with E-state index in [0.29, 0.717) is 6.07 Å². The first-order valence-corrected chi connectivity index (χ1v) is 7.83. The van der Waals surface area contributed by atoms with Gasteiger partial charge in [0, 0.05) is 22.8 Å². The van der Waals surface area contributed by atoms with Crippen molar-refractivity contribution in [2.75, 3.05) is 0 Å². The Balaban J connectivity index is 1.92. The zero-order valence-corrected chi connectivity index (χ0v) is 13.6. The molecule has 0 unspecified atom stereocenters. The molecule has 0 aliphatic heterocycles. The Bertz CT molecular complexity index is 1050. The second-order valence-electron chi connectivity index (χ2n) is 6.55. The fourth-order valence-electron chi connectivity index (χ4n) is 3.72. The van der Waals surface area contributed by atoms with E-state index in [4.69, 9.17) is 10.00 Å². The molecule has 0 spiro atoms. The van der Waals surface area contributed by atoms with Gasteiger partial charge in [0.05, 0.1) is 11.6 Å². The smallest absolute Gasteiger partial charge is 0.349 e. The second-order valence-corrected chi connectivity index (χ2v) is 6.55. The summed E-state index contributed by atoms with van der Waals surface area (Å²) in [4.78, 5) is 0. The van der Waals surface area contributed by atoms with Crippen LogP contribution in [-0.2, 0) is 11.5 Å². The molecule has 0 saturated carbocycles. The summed E-state index contributed by atoms with van der Waals surface area (Å²) < 4.78 is 90.1. The van der Waals surface area contributed by atoms with Crippen LogP contribution in [0.5, 0.6) is 11.5 Å². The van der Waals surface area contributed by atoms with Crippen LogP contribution in [0, 0.1) is 17.1 Å². The van der Waals surface area contributed by atoms with Crippen LogP contribution in [0.15, 0.2) is 30.3 Å². The van der Waals surface area contributed by atoms with Gasteiger partial charge in [-0.15, -0.1) is 0 Å². The van der Waals surface area contributed by atoms with E-state index in [1.54, 1.807) is 6.07 Å². The lowest BCUT2D eigenvalue weighted by Gasteiger charge is -2.32. The summed E-state index contributed by atoms with van der Waals surface area (Å²) in [6.45, 7) is 0. The number of halogens is 6. The average Bonchev–Trinajstić information content (AvgIpc) is 2.90. The number of nitrogens with zero attached hydrogens (tertiary/aromatic N) is 1. The standard InChI is InChI=1S/C18H9F6NO3/c19-8-3-7(6-25)4-9(5-8)28-11-2-1-10-13-12(11)14(26)15(20)16(13,27)18(23,24)17(10,21)22/h1-5,14-15,26-27H/t14-,15+,16-/m0/s1. The Morgan fingerprint density at radius 1 is 1.11 bits per heavy atom. The summed E-state index contributed by atoms with van der Waals surface area (Å²) >= 11 is 0. The summed E-state index contributed by atoms with van der Waals surface area (Å²) in [5.41, 5.74) is -7.40. The lowest BCUT2D eigenvalue weighted by atomic mass is 9.93. The third-order valence-electron chi connectivity index (χ3n) is 5.00. The summed E-state index contributed by atoms with van der Waals surface area (Å²) in [6, 6.07) is 5.70. The number of hydrogen-bond donors (Lipinski definition) is 2. The fourth-order valence-corrected chi connectivity index (χ4v) is 3.72. The first-order chi connectivity index (χ1) is 13.0. The number of aliphatic hydroxyl groups is 2. The molecular weight excluding hydrogens is 392 g/mol. The third-order valence-corrected chi connectivity index (χ3v) is 5.00. The molecule has 0 aromatic heterocycles. The molecule has 0 fully saturated rings. The number of ether oxygens (including phenoxy) is 1. The van der Waals surface area contributed by atoms with Gasteiger partial charge >= 0.3 is 11.8 Å². The van der Waals surface area contributed by atoms with E-state index in [0.717, 1.165) is 24.3 Å². The summed E-state index contributed by atoms with van der Waals surface area (Å²) in [6.07, 6.45) is -5.54. The Morgan fingerprint density at radius 3 is 2.43 bits per heavy atom. The molecule has 146 valence electrons. The highest BCUT2D eigenvalue weighted by atomic mass is 19.3. The maximum atomic E-state index is 14.5. The van der Waals surface area contributed by atoms with Gasteiger partial charge < -0.3 is 14.9 Å². The van der Waals surface area contributed by atoms with Crippen LogP contribution in [-0.4, -0.2) is 22.3 Å². The van der Waals surface area contributed by atoms with Crippen molar-refractivity contribution < 1.29 is 41.3 Å². The highest BCUT2D eigenvalue weighted by molar-refractivity contribution is 5.61. The predicted octanol–water partition coefficient (Wildman–Crippen LogP) is 3.80. The lowest BCUT2D eigenvalue weighted by molar-refractivity contribution is -0.304. The minimum atomic E-state index is -5.22. The van der Waals surface area contributed by atoms with Crippen molar-refractivity contribution in [3.63, 3.8) is 0 Å². The Hall–Kier alpha value is -2.77. The van der Waals surface area contributed by atoms with E-state index in [2.05, 4.69) is 0 Å². The number of rotatable bonds is 2. The zero-order chi connectivity index (χ0) is 20.6. The van der Waals surface area contributed by atoms with E-state index in [1.807, 2.05) is 0 Å². The van der Waals surface area contributed by atoms with Crippen molar-refractivity contribution in [1.29, 1.82) is 5.26 Å². The Morgan fingerprint density at radius 2 is 1.79 bits per heavy atom. The van der Waals surface area contributed by atoms with Crippen LogP contribution in [0.3, 0.4) is 0 Å². The lowest BCUT2D eigenvalue weighted by Crippen LogP contribution is -2.53. The maximum absolute atomic E-state index is 14.5. The maximum Gasteiger partial charge on any atom is 0.349 e. The number of alkyl halides is 5. The van der Waals surface area contributed by atoms with Crippen molar-refractivity contribution in [3.8, 4) is 17.6 Å². The summed E-state index contributed by atoms with van der Waals surface area (Å²) in [7, 11) is 0. The van der Waals surface area contributed by atoms with Crippen LogP contribution >= 0.6 is 0 Å². The van der Waals surface area contributed by atoms with E-state index < -0.39 is 58.0 Å². The third kappa shape index (κ3) is 1.98. The second kappa shape index (κ2) is 5.40. The predicted molar refractivity (Wildman–Crippen MR) is 80.2 cm³/mol. The van der Waals surface area contributed by atoms with E-state index >= 15 is 0 Å². The first-order valence-electron chi connectivity index (χ1n) is 7.83. The van der Waals surface area contributed by atoms with E-state index in [-0.39, 0.29) is 11.3 Å². The van der Waals surface area contributed by atoms with Gasteiger partial charge in [0.1, 0.15) is 23.4 Å². The molecule has 0 radical (unpaired) electrons. The minimum Gasteiger partial charge on any atom is -0.457 e. The molecule has 10 heteroatoms. The van der Waals surface area contributed by atoms with Crippen molar-refractivity contribution >= 4 is 0 Å². The van der Waals surface area contributed by atoms with Gasteiger partial charge in [-0.3, -0.25) is 0 Å². The van der Waals surface area contributed by atoms with E-state index in [9.17, 15) is 36.6 Å². The number of benzene rings is 2. The molecule has 0 bridgehead atoms. The molecule has 4 nitrogen and oxygen atoms in total. The SMILES string of the molecule is N#Cc1cc(F)cc(Oc2ccc3c4c2[C@H](O)[C@@H](F)[C@]4(O)C(F)(F)C3(F)F)c1. The molecule has 4 rings (SSSR count). The molecule has 28 heavy (non-hydrogen) atoms. The van der Waals surface area contributed by atoms with Crippen molar-refractivity contribution in [3.05, 3.63) is 58.4 Å².